The van der Waals surface area contributed by atoms with Crippen molar-refractivity contribution in [3.8, 4) is 0 Å². The van der Waals surface area contributed by atoms with E-state index in [0.29, 0.717) is 0 Å². The third-order valence-corrected chi connectivity index (χ3v) is 3.32. The molecule has 0 N–H and O–H groups in total. The van der Waals surface area contributed by atoms with Gasteiger partial charge in [-0.1, -0.05) is 30.0 Å². The number of aryl methyl sites for hydroxylation is 1. The molecule has 0 aliphatic carbocycles. The van der Waals surface area contributed by atoms with E-state index < -0.39 is 0 Å². The molecule has 1 aromatic carbocycles. The molecule has 17 heavy (non-hydrogen) atoms. The highest BCUT2D eigenvalue weighted by atomic mass is 32.2. The van der Waals surface area contributed by atoms with Crippen LogP contribution < -0.4 is 0 Å². The summed E-state index contributed by atoms with van der Waals surface area (Å²) in [5.74, 6) is 0. The van der Waals surface area contributed by atoms with Gasteiger partial charge in [-0.2, -0.15) is 5.10 Å². The van der Waals surface area contributed by atoms with Gasteiger partial charge in [0, 0.05) is 4.90 Å². The predicted molar refractivity (Wildman–Crippen MR) is 68.3 cm³/mol. The van der Waals surface area contributed by atoms with Crippen molar-refractivity contribution in [1.82, 2.24) is 14.6 Å². The molecule has 0 unspecified atom stereocenters. The Bertz CT molecular complexity index is 646. The van der Waals surface area contributed by atoms with E-state index in [1.807, 2.05) is 48.0 Å². The summed E-state index contributed by atoms with van der Waals surface area (Å²) < 4.78 is 1.82. The summed E-state index contributed by atoms with van der Waals surface area (Å²) in [6, 6.07) is 14.2. The van der Waals surface area contributed by atoms with Gasteiger partial charge in [-0.05, 0) is 31.2 Å². The molecule has 0 fully saturated rings. The number of hydrogen-bond donors (Lipinski definition) is 0. The van der Waals surface area contributed by atoms with Crippen molar-refractivity contribution in [2.24, 2.45) is 0 Å². The zero-order valence-electron chi connectivity index (χ0n) is 9.37. The Kier molecular flexibility index (Phi) is 2.57. The maximum atomic E-state index is 4.51. The lowest BCUT2D eigenvalue weighted by Crippen LogP contribution is -1.91. The molecule has 3 aromatic rings. The summed E-state index contributed by atoms with van der Waals surface area (Å²) in [7, 11) is 0. The highest BCUT2D eigenvalue weighted by Gasteiger charge is 2.02. The van der Waals surface area contributed by atoms with Crippen LogP contribution in [0.3, 0.4) is 0 Å². The molecule has 0 atom stereocenters. The van der Waals surface area contributed by atoms with E-state index in [2.05, 4.69) is 22.2 Å². The normalized spacial score (nSPS) is 10.9. The van der Waals surface area contributed by atoms with Gasteiger partial charge >= 0.3 is 0 Å². The minimum Gasteiger partial charge on any atom is -0.232 e. The molecule has 0 saturated heterocycles. The molecule has 0 aliphatic rings. The fourth-order valence-corrected chi connectivity index (χ4v) is 2.45. The quantitative estimate of drug-likeness (QED) is 0.690. The van der Waals surface area contributed by atoms with Crippen LogP contribution in [-0.4, -0.2) is 14.6 Å². The van der Waals surface area contributed by atoms with E-state index in [-0.39, 0.29) is 0 Å². The number of fused-ring (bicyclic) bond motifs is 1. The summed E-state index contributed by atoms with van der Waals surface area (Å²) in [6.07, 6.45) is 1.93. The predicted octanol–water partition coefficient (Wildman–Crippen LogP) is 3.19. The maximum Gasteiger partial charge on any atom is 0.153 e. The van der Waals surface area contributed by atoms with Crippen LogP contribution in [0.25, 0.3) is 5.65 Å². The zero-order chi connectivity index (χ0) is 11.7. The van der Waals surface area contributed by atoms with Gasteiger partial charge in [-0.3, -0.25) is 0 Å². The van der Waals surface area contributed by atoms with Crippen LogP contribution in [0.2, 0.25) is 0 Å². The average Bonchev–Trinajstić information content (AvgIpc) is 2.70. The standard InChI is InChI=1S/C13H11N3S/c1-10-9-16-12(14-10)7-8-13(15-16)17-11-5-3-2-4-6-11/h2-9H,1H3. The summed E-state index contributed by atoms with van der Waals surface area (Å²) in [5.41, 5.74) is 1.87. The van der Waals surface area contributed by atoms with Gasteiger partial charge in [0.1, 0.15) is 5.03 Å². The van der Waals surface area contributed by atoms with E-state index in [9.17, 15) is 0 Å². The number of hydrogen-bond acceptors (Lipinski definition) is 3. The third-order valence-electron chi connectivity index (χ3n) is 2.38. The Labute approximate surface area is 104 Å². The summed E-state index contributed by atoms with van der Waals surface area (Å²) in [6.45, 7) is 1.97. The van der Waals surface area contributed by atoms with E-state index in [0.717, 1.165) is 16.4 Å². The van der Waals surface area contributed by atoms with Crippen molar-refractivity contribution in [2.45, 2.75) is 16.8 Å². The van der Waals surface area contributed by atoms with E-state index in [4.69, 9.17) is 0 Å². The molecule has 0 aliphatic heterocycles. The molecule has 0 saturated carbocycles. The highest BCUT2D eigenvalue weighted by molar-refractivity contribution is 7.99. The molecular formula is C13H11N3S. The Hall–Kier alpha value is -1.81. The SMILES string of the molecule is Cc1cn2nc(Sc3ccccc3)ccc2n1. The third kappa shape index (κ3) is 2.17. The molecule has 3 rings (SSSR count). The largest absolute Gasteiger partial charge is 0.232 e. The summed E-state index contributed by atoms with van der Waals surface area (Å²) >= 11 is 1.65. The Balaban J connectivity index is 1.95. The van der Waals surface area contributed by atoms with Crippen molar-refractivity contribution < 1.29 is 0 Å². The van der Waals surface area contributed by atoms with Gasteiger partial charge in [-0.25, -0.2) is 9.50 Å². The van der Waals surface area contributed by atoms with Gasteiger partial charge in [0.05, 0.1) is 11.9 Å². The molecule has 2 heterocycles. The second kappa shape index (κ2) is 4.22. The Morgan fingerprint density at radius 1 is 1.06 bits per heavy atom. The van der Waals surface area contributed by atoms with Crippen LogP contribution in [0, 0.1) is 6.92 Å². The summed E-state index contributed by atoms with van der Waals surface area (Å²) in [5, 5.41) is 5.48. The smallest absolute Gasteiger partial charge is 0.153 e. The van der Waals surface area contributed by atoms with Crippen LogP contribution in [0.4, 0.5) is 0 Å². The Morgan fingerprint density at radius 2 is 1.88 bits per heavy atom. The van der Waals surface area contributed by atoms with Gasteiger partial charge in [0.2, 0.25) is 0 Å². The number of imidazole rings is 1. The van der Waals surface area contributed by atoms with Crippen LogP contribution in [0.1, 0.15) is 5.69 Å². The molecular weight excluding hydrogens is 230 g/mol. The molecule has 0 bridgehead atoms. The van der Waals surface area contributed by atoms with Gasteiger partial charge in [-0.15, -0.1) is 0 Å². The van der Waals surface area contributed by atoms with E-state index >= 15 is 0 Å². The first-order chi connectivity index (χ1) is 8.31. The van der Waals surface area contributed by atoms with E-state index in [1.165, 1.54) is 4.90 Å². The average molecular weight is 241 g/mol. The molecule has 0 amide bonds. The molecule has 0 spiro atoms. The second-order valence-electron chi connectivity index (χ2n) is 3.77. The zero-order valence-corrected chi connectivity index (χ0v) is 10.2. The van der Waals surface area contributed by atoms with Gasteiger partial charge < -0.3 is 0 Å². The molecule has 4 heteroatoms. The lowest BCUT2D eigenvalue weighted by Gasteiger charge is -2.00. The van der Waals surface area contributed by atoms with E-state index in [1.54, 1.807) is 11.8 Å². The molecule has 0 radical (unpaired) electrons. The second-order valence-corrected chi connectivity index (χ2v) is 4.87. The van der Waals surface area contributed by atoms with Crippen molar-refractivity contribution >= 4 is 17.4 Å². The minimum absolute atomic E-state index is 0.889. The van der Waals surface area contributed by atoms with Crippen LogP contribution in [0.15, 0.2) is 58.6 Å². The number of aromatic nitrogens is 3. The first kappa shape index (κ1) is 10.4. The first-order valence-corrected chi connectivity index (χ1v) is 6.19. The Morgan fingerprint density at radius 3 is 2.71 bits per heavy atom. The summed E-state index contributed by atoms with van der Waals surface area (Å²) in [4.78, 5) is 5.54. The fraction of sp³-hybridized carbons (Fsp3) is 0.0769. The van der Waals surface area contributed by atoms with Gasteiger partial charge in [0.15, 0.2) is 5.65 Å². The van der Waals surface area contributed by atoms with Crippen LogP contribution in [-0.2, 0) is 0 Å². The van der Waals surface area contributed by atoms with Crippen molar-refractivity contribution in [3.05, 3.63) is 54.4 Å². The topological polar surface area (TPSA) is 30.2 Å². The lowest BCUT2D eigenvalue weighted by molar-refractivity contribution is 0.858. The van der Waals surface area contributed by atoms with Crippen molar-refractivity contribution in [3.63, 3.8) is 0 Å². The maximum absolute atomic E-state index is 4.51. The molecule has 3 nitrogen and oxygen atoms in total. The fourth-order valence-electron chi connectivity index (χ4n) is 1.65. The number of nitrogens with zero attached hydrogens (tertiary/aromatic N) is 3. The number of benzene rings is 1. The minimum atomic E-state index is 0.889. The first-order valence-electron chi connectivity index (χ1n) is 5.37. The van der Waals surface area contributed by atoms with Crippen LogP contribution >= 0.6 is 11.8 Å². The number of rotatable bonds is 2. The lowest BCUT2D eigenvalue weighted by atomic mass is 10.4. The van der Waals surface area contributed by atoms with Gasteiger partial charge in [0.25, 0.3) is 0 Å². The monoisotopic (exact) mass is 241 g/mol. The van der Waals surface area contributed by atoms with Crippen molar-refractivity contribution in [1.29, 1.82) is 0 Å². The molecule has 84 valence electrons. The van der Waals surface area contributed by atoms with Crippen LogP contribution in [0.5, 0.6) is 0 Å². The molecule has 2 aromatic heterocycles. The van der Waals surface area contributed by atoms with Crippen molar-refractivity contribution in [2.75, 3.05) is 0 Å². The highest BCUT2D eigenvalue weighted by Crippen LogP contribution is 2.25.